The Morgan fingerprint density at radius 2 is 1.60 bits per heavy atom. The number of carbonyl (C=O) groups excluding carboxylic acids is 1. The Balaban J connectivity index is 1.68. The van der Waals surface area contributed by atoms with Crippen LogP contribution in [-0.4, -0.2) is 44.5 Å². The van der Waals surface area contributed by atoms with Crippen LogP contribution in [0.3, 0.4) is 0 Å². The zero-order chi connectivity index (χ0) is 24.8. The van der Waals surface area contributed by atoms with Gasteiger partial charge in [0.15, 0.2) is 23.0 Å². The first-order chi connectivity index (χ1) is 17.1. The number of benzene rings is 2. The predicted molar refractivity (Wildman–Crippen MR) is 129 cm³/mol. The minimum absolute atomic E-state index is 0.147. The van der Waals surface area contributed by atoms with Gasteiger partial charge in [0.05, 0.1) is 35.0 Å². The highest BCUT2D eigenvalue weighted by Crippen LogP contribution is 2.38. The number of amides is 1. The van der Waals surface area contributed by atoms with E-state index in [4.69, 9.17) is 23.5 Å². The Labute approximate surface area is 202 Å². The van der Waals surface area contributed by atoms with Gasteiger partial charge in [0, 0.05) is 17.8 Å². The van der Waals surface area contributed by atoms with Gasteiger partial charge in [0.2, 0.25) is 5.75 Å². The molecule has 4 rings (SSSR count). The van der Waals surface area contributed by atoms with Crippen molar-refractivity contribution in [1.29, 1.82) is 0 Å². The zero-order valence-corrected chi connectivity index (χ0v) is 19.8. The molecule has 0 unspecified atom stereocenters. The SMILES string of the molecule is COc1ccc(-c2cc(C(=O)N(Cc3cc(OC)c(OC)c(OC)c3)c3ccccn3)no2)cc1. The minimum Gasteiger partial charge on any atom is -0.497 e. The molecule has 2 aromatic heterocycles. The Bertz CT molecular complexity index is 1260. The summed E-state index contributed by atoms with van der Waals surface area (Å²) in [6.45, 7) is 0.178. The van der Waals surface area contributed by atoms with E-state index >= 15 is 0 Å². The normalized spacial score (nSPS) is 10.5. The van der Waals surface area contributed by atoms with Crippen molar-refractivity contribution < 1.29 is 28.3 Å². The summed E-state index contributed by atoms with van der Waals surface area (Å²) in [4.78, 5) is 19.5. The number of hydrogen-bond acceptors (Lipinski definition) is 8. The average Bonchev–Trinajstić information content (AvgIpc) is 3.41. The molecular weight excluding hydrogens is 450 g/mol. The first-order valence-corrected chi connectivity index (χ1v) is 10.7. The van der Waals surface area contributed by atoms with Gasteiger partial charge in [-0.05, 0) is 54.1 Å². The van der Waals surface area contributed by atoms with E-state index in [0.717, 1.165) is 16.9 Å². The van der Waals surface area contributed by atoms with Crippen molar-refractivity contribution in [1.82, 2.24) is 10.1 Å². The van der Waals surface area contributed by atoms with Gasteiger partial charge in [0.1, 0.15) is 11.6 Å². The van der Waals surface area contributed by atoms with E-state index in [1.165, 1.54) is 12.0 Å². The van der Waals surface area contributed by atoms with Crippen molar-refractivity contribution in [2.75, 3.05) is 33.3 Å². The first kappa shape index (κ1) is 23.6. The number of anilines is 1. The third-order valence-corrected chi connectivity index (χ3v) is 5.34. The van der Waals surface area contributed by atoms with Gasteiger partial charge in [-0.25, -0.2) is 4.98 Å². The summed E-state index contributed by atoms with van der Waals surface area (Å²) in [7, 11) is 6.22. The molecule has 1 amide bonds. The fourth-order valence-corrected chi connectivity index (χ4v) is 3.59. The van der Waals surface area contributed by atoms with E-state index in [0.29, 0.717) is 28.8 Å². The molecule has 2 heterocycles. The van der Waals surface area contributed by atoms with Crippen molar-refractivity contribution in [3.8, 4) is 34.3 Å². The smallest absolute Gasteiger partial charge is 0.281 e. The monoisotopic (exact) mass is 475 g/mol. The van der Waals surface area contributed by atoms with Crippen LogP contribution in [0, 0.1) is 0 Å². The predicted octanol–water partition coefficient (Wildman–Crippen LogP) is 4.62. The fraction of sp³-hybridized carbons (Fsp3) is 0.192. The average molecular weight is 476 g/mol. The maximum atomic E-state index is 13.6. The number of ether oxygens (including phenoxy) is 4. The summed E-state index contributed by atoms with van der Waals surface area (Å²) in [5.74, 6) is 2.70. The molecule has 0 atom stereocenters. The number of rotatable bonds is 9. The van der Waals surface area contributed by atoms with Gasteiger partial charge in [-0.1, -0.05) is 11.2 Å². The maximum Gasteiger partial charge on any atom is 0.281 e. The van der Waals surface area contributed by atoms with Crippen LogP contribution in [-0.2, 0) is 6.54 Å². The lowest BCUT2D eigenvalue weighted by atomic mass is 10.1. The summed E-state index contributed by atoms with van der Waals surface area (Å²) in [6, 6.07) is 17.8. The number of methoxy groups -OCH3 is 4. The molecule has 0 aliphatic carbocycles. The van der Waals surface area contributed by atoms with Gasteiger partial charge in [-0.15, -0.1) is 0 Å². The third kappa shape index (κ3) is 5.03. The summed E-state index contributed by atoms with van der Waals surface area (Å²) in [6.07, 6.45) is 1.62. The summed E-state index contributed by atoms with van der Waals surface area (Å²) in [5.41, 5.74) is 1.66. The van der Waals surface area contributed by atoms with Crippen molar-refractivity contribution in [3.05, 3.63) is 78.1 Å². The molecule has 4 aromatic rings. The van der Waals surface area contributed by atoms with Gasteiger partial charge < -0.3 is 23.5 Å². The highest BCUT2D eigenvalue weighted by molar-refractivity contribution is 6.04. The van der Waals surface area contributed by atoms with Crippen molar-refractivity contribution in [2.24, 2.45) is 0 Å². The molecule has 0 aliphatic heterocycles. The highest BCUT2D eigenvalue weighted by Gasteiger charge is 2.24. The molecule has 0 radical (unpaired) electrons. The molecule has 0 spiro atoms. The van der Waals surface area contributed by atoms with E-state index in [1.54, 1.807) is 57.9 Å². The first-order valence-electron chi connectivity index (χ1n) is 10.7. The topological polar surface area (TPSA) is 96.2 Å². The van der Waals surface area contributed by atoms with Crippen molar-refractivity contribution >= 4 is 11.7 Å². The van der Waals surface area contributed by atoms with Crippen molar-refractivity contribution in [3.63, 3.8) is 0 Å². The largest absolute Gasteiger partial charge is 0.497 e. The van der Waals surface area contributed by atoms with E-state index in [-0.39, 0.29) is 18.1 Å². The van der Waals surface area contributed by atoms with Crippen LogP contribution >= 0.6 is 0 Å². The van der Waals surface area contributed by atoms with E-state index in [2.05, 4.69) is 10.1 Å². The summed E-state index contributed by atoms with van der Waals surface area (Å²) in [5, 5.41) is 4.02. The standard InChI is InChI=1S/C26H25N3O6/c1-31-19-10-8-18(9-11-19)21-15-20(28-35-21)26(30)29(24-7-5-6-12-27-24)16-17-13-22(32-2)25(34-4)23(14-17)33-3/h5-15H,16H2,1-4H3. The second-order valence-electron chi connectivity index (χ2n) is 7.42. The Morgan fingerprint density at radius 1 is 0.886 bits per heavy atom. The minimum atomic E-state index is -0.374. The van der Waals surface area contributed by atoms with E-state index in [1.807, 2.05) is 30.3 Å². The molecule has 0 aliphatic rings. The Morgan fingerprint density at radius 3 is 2.17 bits per heavy atom. The van der Waals surface area contributed by atoms with Crippen LogP contribution < -0.4 is 23.8 Å². The van der Waals surface area contributed by atoms with Crippen LogP contribution in [0.15, 0.2) is 71.4 Å². The molecule has 0 saturated carbocycles. The molecular formula is C26H25N3O6. The lowest BCUT2D eigenvalue weighted by molar-refractivity contribution is 0.0975. The van der Waals surface area contributed by atoms with E-state index < -0.39 is 0 Å². The molecule has 180 valence electrons. The second kappa shape index (κ2) is 10.6. The fourth-order valence-electron chi connectivity index (χ4n) is 3.59. The van der Waals surface area contributed by atoms with Gasteiger partial charge in [-0.3, -0.25) is 9.69 Å². The molecule has 0 saturated heterocycles. The molecule has 0 bridgehead atoms. The van der Waals surface area contributed by atoms with Crippen LogP contribution in [0.25, 0.3) is 11.3 Å². The molecule has 9 nitrogen and oxygen atoms in total. The van der Waals surface area contributed by atoms with Crippen LogP contribution in [0.1, 0.15) is 16.1 Å². The summed E-state index contributed by atoms with van der Waals surface area (Å²) < 4.78 is 27.0. The number of pyridine rings is 1. The Hall–Kier alpha value is -4.53. The zero-order valence-electron chi connectivity index (χ0n) is 19.8. The number of aromatic nitrogens is 2. The van der Waals surface area contributed by atoms with Crippen LogP contribution in [0.4, 0.5) is 5.82 Å². The quantitative estimate of drug-likeness (QED) is 0.346. The number of hydrogen-bond donors (Lipinski definition) is 0. The number of nitrogens with zero attached hydrogens (tertiary/aromatic N) is 3. The molecule has 0 fully saturated rings. The molecule has 0 N–H and O–H groups in total. The van der Waals surface area contributed by atoms with Gasteiger partial charge in [0.25, 0.3) is 5.91 Å². The summed E-state index contributed by atoms with van der Waals surface area (Å²) >= 11 is 0. The van der Waals surface area contributed by atoms with Crippen LogP contribution in [0.2, 0.25) is 0 Å². The lowest BCUT2D eigenvalue weighted by Gasteiger charge is -2.22. The maximum absolute atomic E-state index is 13.6. The van der Waals surface area contributed by atoms with Crippen LogP contribution in [0.5, 0.6) is 23.0 Å². The second-order valence-corrected chi connectivity index (χ2v) is 7.42. The number of carbonyl (C=O) groups is 1. The van der Waals surface area contributed by atoms with Gasteiger partial charge >= 0.3 is 0 Å². The molecule has 35 heavy (non-hydrogen) atoms. The third-order valence-electron chi connectivity index (χ3n) is 5.34. The van der Waals surface area contributed by atoms with Gasteiger partial charge in [-0.2, -0.15) is 0 Å². The highest BCUT2D eigenvalue weighted by atomic mass is 16.5. The van der Waals surface area contributed by atoms with Crippen molar-refractivity contribution in [2.45, 2.75) is 6.54 Å². The Kier molecular flexibility index (Phi) is 7.15. The van der Waals surface area contributed by atoms with E-state index in [9.17, 15) is 4.79 Å². The lowest BCUT2D eigenvalue weighted by Crippen LogP contribution is -2.31. The molecule has 9 heteroatoms. The molecule has 2 aromatic carbocycles.